The summed E-state index contributed by atoms with van der Waals surface area (Å²) in [6.45, 7) is 0. The largest absolute Gasteiger partial charge is 0.481 e. The van der Waals surface area contributed by atoms with Crippen molar-refractivity contribution in [1.29, 1.82) is 0 Å². The quantitative estimate of drug-likeness (QED) is 0.666. The number of hydrogen-bond donors (Lipinski definition) is 1. The molecule has 0 bridgehead atoms. The molecule has 9 nitrogen and oxygen atoms in total. The molecule has 0 spiro atoms. The Morgan fingerprint density at radius 2 is 1.67 bits per heavy atom. The van der Waals surface area contributed by atoms with Gasteiger partial charge in [0, 0.05) is 43.0 Å². The van der Waals surface area contributed by atoms with Gasteiger partial charge in [-0.2, -0.15) is 10.2 Å². The van der Waals surface area contributed by atoms with Gasteiger partial charge in [0.25, 0.3) is 0 Å². The van der Waals surface area contributed by atoms with Crippen LogP contribution in [0.1, 0.15) is 29.0 Å². The zero-order chi connectivity index (χ0) is 20.9. The van der Waals surface area contributed by atoms with Crippen LogP contribution in [0.5, 0.6) is 11.8 Å². The first-order valence-electron chi connectivity index (χ1n) is 9.23. The van der Waals surface area contributed by atoms with Gasteiger partial charge in [-0.3, -0.25) is 4.79 Å². The molecule has 1 atom stereocenters. The number of carbonyl (C=O) groups is 1. The predicted octanol–water partition coefficient (Wildman–Crippen LogP) is 2.02. The Labute approximate surface area is 173 Å². The number of pyridine rings is 2. The normalized spacial score (nSPS) is 15.8. The maximum absolute atomic E-state index is 12.1. The van der Waals surface area contributed by atoms with Crippen molar-refractivity contribution in [2.75, 3.05) is 14.2 Å². The molecule has 0 fully saturated rings. The van der Waals surface area contributed by atoms with E-state index in [-0.39, 0.29) is 11.9 Å². The molecule has 4 heterocycles. The number of rotatable bonds is 6. The maximum Gasteiger partial charge on any atom is 0.247 e. The standard InChI is InChI=1S/C21H20N6O3/c1-29-18-7-5-14(12-22-18)20(15-6-8-19(30-2)23-13-15)27-11-9-17(28)25-21(27)16-4-3-10-24-26-16/h3-13,20-21H,1-2H3,(H,25,28). The second-order valence-corrected chi connectivity index (χ2v) is 6.49. The first-order valence-corrected chi connectivity index (χ1v) is 9.23. The van der Waals surface area contributed by atoms with Gasteiger partial charge in [0.2, 0.25) is 17.7 Å². The summed E-state index contributed by atoms with van der Waals surface area (Å²) in [6.07, 6.45) is 7.78. The van der Waals surface area contributed by atoms with Gasteiger partial charge in [-0.1, -0.05) is 0 Å². The molecule has 30 heavy (non-hydrogen) atoms. The lowest BCUT2D eigenvalue weighted by Crippen LogP contribution is -2.44. The molecule has 9 heteroatoms. The van der Waals surface area contributed by atoms with Crippen LogP contribution < -0.4 is 14.8 Å². The van der Waals surface area contributed by atoms with Crippen LogP contribution in [0.15, 0.2) is 67.3 Å². The van der Waals surface area contributed by atoms with E-state index >= 15 is 0 Å². The van der Waals surface area contributed by atoms with Crippen molar-refractivity contribution in [3.8, 4) is 11.8 Å². The second kappa shape index (κ2) is 8.56. The SMILES string of the molecule is COc1ccc(C(c2ccc(OC)nc2)N2C=CC(=O)NC2c2cccnn2)cn1. The summed E-state index contributed by atoms with van der Waals surface area (Å²) in [5.41, 5.74) is 2.39. The summed E-state index contributed by atoms with van der Waals surface area (Å²) in [4.78, 5) is 22.8. The smallest absolute Gasteiger partial charge is 0.247 e. The number of carbonyl (C=O) groups excluding carboxylic acids is 1. The molecule has 4 rings (SSSR count). The van der Waals surface area contributed by atoms with Gasteiger partial charge in [0.1, 0.15) is 11.9 Å². The summed E-state index contributed by atoms with van der Waals surface area (Å²) in [7, 11) is 3.14. The van der Waals surface area contributed by atoms with Crippen molar-refractivity contribution >= 4 is 5.91 Å². The Morgan fingerprint density at radius 1 is 1.00 bits per heavy atom. The van der Waals surface area contributed by atoms with Gasteiger partial charge in [-0.05, 0) is 35.4 Å². The van der Waals surface area contributed by atoms with Gasteiger partial charge in [0.05, 0.1) is 20.3 Å². The minimum Gasteiger partial charge on any atom is -0.481 e. The molecule has 1 aliphatic rings. The van der Waals surface area contributed by atoms with E-state index < -0.39 is 6.17 Å². The highest BCUT2D eigenvalue weighted by Gasteiger charge is 2.32. The van der Waals surface area contributed by atoms with Crippen LogP contribution in [0.3, 0.4) is 0 Å². The van der Waals surface area contributed by atoms with Crippen molar-refractivity contribution in [3.63, 3.8) is 0 Å². The van der Waals surface area contributed by atoms with Gasteiger partial charge in [-0.15, -0.1) is 0 Å². The average molecular weight is 404 g/mol. The van der Waals surface area contributed by atoms with E-state index in [1.165, 1.54) is 6.08 Å². The number of aromatic nitrogens is 4. The fourth-order valence-electron chi connectivity index (χ4n) is 3.30. The molecule has 0 radical (unpaired) electrons. The number of amides is 1. The molecule has 0 aliphatic carbocycles. The molecule has 1 amide bonds. The van der Waals surface area contributed by atoms with E-state index in [2.05, 4.69) is 25.5 Å². The molecule has 0 saturated heterocycles. The Hall–Kier alpha value is -4.01. The van der Waals surface area contributed by atoms with Gasteiger partial charge >= 0.3 is 0 Å². The predicted molar refractivity (Wildman–Crippen MR) is 107 cm³/mol. The summed E-state index contributed by atoms with van der Waals surface area (Å²) < 4.78 is 10.4. The zero-order valence-corrected chi connectivity index (χ0v) is 16.5. The number of hydrogen-bond acceptors (Lipinski definition) is 8. The van der Waals surface area contributed by atoms with Gasteiger partial charge < -0.3 is 19.7 Å². The van der Waals surface area contributed by atoms with Crippen LogP contribution in [-0.4, -0.2) is 45.2 Å². The van der Waals surface area contributed by atoms with E-state index in [1.807, 2.05) is 23.1 Å². The summed E-state index contributed by atoms with van der Waals surface area (Å²) in [5.74, 6) is 0.818. The molecular formula is C21H20N6O3. The summed E-state index contributed by atoms with van der Waals surface area (Å²) >= 11 is 0. The lowest BCUT2D eigenvalue weighted by Gasteiger charge is -2.39. The Bertz CT molecular complexity index is 977. The van der Waals surface area contributed by atoms with E-state index in [1.54, 1.807) is 57.2 Å². The number of nitrogens with zero attached hydrogens (tertiary/aromatic N) is 5. The highest BCUT2D eigenvalue weighted by atomic mass is 16.5. The van der Waals surface area contributed by atoms with Crippen molar-refractivity contribution < 1.29 is 14.3 Å². The van der Waals surface area contributed by atoms with E-state index in [9.17, 15) is 4.79 Å². The summed E-state index contributed by atoms with van der Waals surface area (Å²) in [5, 5.41) is 11.1. The molecule has 1 N–H and O–H groups in total. The van der Waals surface area contributed by atoms with Crippen LogP contribution in [0.25, 0.3) is 0 Å². The molecule has 3 aromatic heterocycles. The maximum atomic E-state index is 12.1. The van der Waals surface area contributed by atoms with Gasteiger partial charge in [0.15, 0.2) is 0 Å². The van der Waals surface area contributed by atoms with Crippen LogP contribution >= 0.6 is 0 Å². The number of ether oxygens (including phenoxy) is 2. The number of methoxy groups -OCH3 is 2. The molecule has 0 saturated carbocycles. The Kier molecular flexibility index (Phi) is 5.51. The van der Waals surface area contributed by atoms with Gasteiger partial charge in [-0.25, -0.2) is 9.97 Å². The van der Waals surface area contributed by atoms with Crippen molar-refractivity contribution in [1.82, 2.24) is 30.4 Å². The van der Waals surface area contributed by atoms with E-state index in [0.29, 0.717) is 17.5 Å². The van der Waals surface area contributed by atoms with Crippen LogP contribution in [0, 0.1) is 0 Å². The average Bonchev–Trinajstić information content (AvgIpc) is 2.81. The first kappa shape index (κ1) is 19.3. The van der Waals surface area contributed by atoms with E-state index in [4.69, 9.17) is 9.47 Å². The third kappa shape index (κ3) is 3.90. The molecule has 1 aliphatic heterocycles. The topological polar surface area (TPSA) is 102 Å². The third-order valence-corrected chi connectivity index (χ3v) is 4.71. The fourth-order valence-corrected chi connectivity index (χ4v) is 3.30. The number of nitrogens with one attached hydrogen (secondary N) is 1. The van der Waals surface area contributed by atoms with Crippen molar-refractivity contribution in [2.45, 2.75) is 12.2 Å². The lowest BCUT2D eigenvalue weighted by atomic mass is 9.98. The fraction of sp³-hybridized carbons (Fsp3) is 0.190. The highest BCUT2D eigenvalue weighted by Crippen LogP contribution is 2.36. The van der Waals surface area contributed by atoms with Crippen LogP contribution in [-0.2, 0) is 4.79 Å². The molecule has 152 valence electrons. The monoisotopic (exact) mass is 404 g/mol. The minimum atomic E-state index is -0.523. The Balaban J connectivity index is 1.81. The second-order valence-electron chi connectivity index (χ2n) is 6.49. The molecular weight excluding hydrogens is 384 g/mol. The minimum absolute atomic E-state index is 0.207. The molecule has 3 aromatic rings. The molecule has 1 unspecified atom stereocenters. The molecule has 0 aromatic carbocycles. The van der Waals surface area contributed by atoms with Crippen LogP contribution in [0.2, 0.25) is 0 Å². The Morgan fingerprint density at radius 3 is 2.17 bits per heavy atom. The van der Waals surface area contributed by atoms with Crippen molar-refractivity contribution in [2.24, 2.45) is 0 Å². The van der Waals surface area contributed by atoms with E-state index in [0.717, 1.165) is 11.1 Å². The summed E-state index contributed by atoms with van der Waals surface area (Å²) in [6, 6.07) is 10.7. The van der Waals surface area contributed by atoms with Crippen LogP contribution in [0.4, 0.5) is 0 Å². The van der Waals surface area contributed by atoms with Crippen molar-refractivity contribution in [3.05, 3.63) is 84.1 Å². The zero-order valence-electron chi connectivity index (χ0n) is 16.5. The lowest BCUT2D eigenvalue weighted by molar-refractivity contribution is -0.119. The third-order valence-electron chi connectivity index (χ3n) is 4.71. The first-order chi connectivity index (χ1) is 14.7. The highest BCUT2D eigenvalue weighted by molar-refractivity contribution is 5.88.